The van der Waals surface area contributed by atoms with Gasteiger partial charge in [-0.2, -0.15) is 13.2 Å². The first-order valence-corrected chi connectivity index (χ1v) is 15.3. The quantitative estimate of drug-likeness (QED) is 0.227. The van der Waals surface area contributed by atoms with Crippen LogP contribution >= 0.6 is 11.6 Å². The number of sulfonamides is 1. The number of hydrogen-bond donors (Lipinski definition) is 1. The van der Waals surface area contributed by atoms with Crippen molar-refractivity contribution in [3.8, 4) is 0 Å². The van der Waals surface area contributed by atoms with E-state index in [-0.39, 0.29) is 17.9 Å². The van der Waals surface area contributed by atoms with Gasteiger partial charge in [0.2, 0.25) is 11.8 Å². The van der Waals surface area contributed by atoms with Gasteiger partial charge >= 0.3 is 6.18 Å². The van der Waals surface area contributed by atoms with Crippen LogP contribution in [0.2, 0.25) is 5.02 Å². The molecule has 0 bridgehead atoms. The lowest BCUT2D eigenvalue weighted by Crippen LogP contribution is -2.52. The Kier molecular flexibility index (Phi) is 11.4. The van der Waals surface area contributed by atoms with E-state index in [0.29, 0.717) is 22.5 Å². The Morgan fingerprint density at radius 1 is 0.952 bits per heavy atom. The summed E-state index contributed by atoms with van der Waals surface area (Å²) in [5, 5.41) is 2.21. The molecule has 0 aromatic heterocycles. The van der Waals surface area contributed by atoms with Gasteiger partial charge in [-0.05, 0) is 48.7 Å². The van der Waals surface area contributed by atoms with Crippen molar-refractivity contribution in [2.24, 2.45) is 0 Å². The molecule has 1 atom stereocenters. The minimum absolute atomic E-state index is 0.0208. The zero-order chi connectivity index (χ0) is 30.9. The van der Waals surface area contributed by atoms with Crippen LogP contribution in [0, 0.1) is 0 Å². The molecule has 0 unspecified atom stereocenters. The number of rotatable bonds is 13. The zero-order valence-electron chi connectivity index (χ0n) is 23.3. The van der Waals surface area contributed by atoms with E-state index >= 15 is 0 Å². The summed E-state index contributed by atoms with van der Waals surface area (Å²) in [5.41, 5.74) is -0.955. The first-order valence-electron chi connectivity index (χ1n) is 13.5. The van der Waals surface area contributed by atoms with Crippen molar-refractivity contribution in [2.45, 2.75) is 56.8 Å². The van der Waals surface area contributed by atoms with Crippen LogP contribution in [0.15, 0.2) is 83.8 Å². The van der Waals surface area contributed by atoms with Gasteiger partial charge in [-0.25, -0.2) is 8.42 Å². The second kappa shape index (κ2) is 14.6. The second-order valence-electron chi connectivity index (χ2n) is 9.56. The van der Waals surface area contributed by atoms with E-state index in [0.717, 1.165) is 25.0 Å². The first kappa shape index (κ1) is 32.9. The van der Waals surface area contributed by atoms with Gasteiger partial charge in [0.1, 0.15) is 12.6 Å². The number of nitrogens with one attached hydrogen (secondary N) is 1. The third kappa shape index (κ3) is 8.25. The van der Waals surface area contributed by atoms with Gasteiger partial charge in [0.15, 0.2) is 0 Å². The third-order valence-corrected chi connectivity index (χ3v) is 8.68. The molecule has 0 radical (unpaired) electrons. The molecular weight excluding hydrogens is 591 g/mol. The highest BCUT2D eigenvalue weighted by Crippen LogP contribution is 2.38. The number of halogens is 4. The predicted octanol–water partition coefficient (Wildman–Crippen LogP) is 6.28. The smallest absolute Gasteiger partial charge is 0.354 e. The van der Waals surface area contributed by atoms with E-state index in [2.05, 4.69) is 5.32 Å². The van der Waals surface area contributed by atoms with E-state index in [1.165, 1.54) is 29.2 Å². The topological polar surface area (TPSA) is 86.8 Å². The fourth-order valence-electron chi connectivity index (χ4n) is 4.34. The van der Waals surface area contributed by atoms with Crippen molar-refractivity contribution in [3.63, 3.8) is 0 Å². The molecule has 0 fully saturated rings. The number of unbranched alkanes of at least 4 members (excludes halogenated alkanes) is 1. The lowest BCUT2D eigenvalue weighted by molar-refractivity contribution is -0.140. The summed E-state index contributed by atoms with van der Waals surface area (Å²) < 4.78 is 69.5. The van der Waals surface area contributed by atoms with E-state index in [4.69, 9.17) is 11.6 Å². The summed E-state index contributed by atoms with van der Waals surface area (Å²) in [4.78, 5) is 28.2. The highest BCUT2D eigenvalue weighted by atomic mass is 35.5. The SMILES string of the molecule is CCCCNC(=O)[C@@H](CC)N(Cc1ccccc1)C(=O)CN(c1ccc(Cl)c(C(F)(F)F)c1)S(=O)(=O)c1ccccc1. The molecule has 7 nitrogen and oxygen atoms in total. The van der Waals surface area contributed by atoms with Gasteiger partial charge < -0.3 is 10.2 Å². The number of anilines is 1. The van der Waals surface area contributed by atoms with Gasteiger partial charge in [-0.15, -0.1) is 0 Å². The second-order valence-corrected chi connectivity index (χ2v) is 11.8. The van der Waals surface area contributed by atoms with Gasteiger partial charge in [-0.1, -0.05) is 80.4 Å². The van der Waals surface area contributed by atoms with Crippen LogP contribution in [0.3, 0.4) is 0 Å². The zero-order valence-corrected chi connectivity index (χ0v) is 24.8. The van der Waals surface area contributed by atoms with Crippen molar-refractivity contribution in [3.05, 3.63) is 95.0 Å². The van der Waals surface area contributed by atoms with Crippen molar-refractivity contribution in [1.29, 1.82) is 0 Å². The van der Waals surface area contributed by atoms with E-state index in [1.54, 1.807) is 43.3 Å². The van der Waals surface area contributed by atoms with Crippen LogP contribution in [0.25, 0.3) is 0 Å². The van der Waals surface area contributed by atoms with Crippen LogP contribution in [0.4, 0.5) is 18.9 Å². The lowest BCUT2D eigenvalue weighted by atomic mass is 10.1. The number of alkyl halides is 3. The summed E-state index contributed by atoms with van der Waals surface area (Å²) in [5.74, 6) is -1.17. The lowest BCUT2D eigenvalue weighted by Gasteiger charge is -2.33. The molecule has 0 aliphatic heterocycles. The molecule has 3 aromatic carbocycles. The van der Waals surface area contributed by atoms with Gasteiger partial charge in [0, 0.05) is 13.1 Å². The first-order chi connectivity index (χ1) is 19.9. The maximum absolute atomic E-state index is 14.0. The normalized spacial score (nSPS) is 12.4. The summed E-state index contributed by atoms with van der Waals surface area (Å²) >= 11 is 5.80. The van der Waals surface area contributed by atoms with Crippen LogP contribution < -0.4 is 9.62 Å². The highest BCUT2D eigenvalue weighted by Gasteiger charge is 2.37. The minimum Gasteiger partial charge on any atom is -0.354 e. The largest absolute Gasteiger partial charge is 0.417 e. The molecule has 0 aliphatic rings. The van der Waals surface area contributed by atoms with Crippen LogP contribution in [-0.4, -0.2) is 44.3 Å². The molecule has 3 rings (SSSR count). The molecule has 0 spiro atoms. The Morgan fingerprint density at radius 2 is 1.57 bits per heavy atom. The molecule has 0 aliphatic carbocycles. The average molecular weight is 624 g/mol. The molecule has 1 N–H and O–H groups in total. The van der Waals surface area contributed by atoms with Crippen LogP contribution in [-0.2, 0) is 32.3 Å². The Balaban J connectivity index is 2.10. The number of carbonyl (C=O) groups excluding carboxylic acids is 2. The average Bonchev–Trinajstić information content (AvgIpc) is 2.96. The Hall–Kier alpha value is -3.57. The van der Waals surface area contributed by atoms with Crippen LogP contribution in [0.1, 0.15) is 44.2 Å². The number of carbonyl (C=O) groups is 2. The molecule has 226 valence electrons. The molecule has 12 heteroatoms. The maximum atomic E-state index is 14.0. The molecule has 0 saturated carbocycles. The van der Waals surface area contributed by atoms with Gasteiger partial charge in [0.05, 0.1) is 21.2 Å². The highest BCUT2D eigenvalue weighted by molar-refractivity contribution is 7.92. The van der Waals surface area contributed by atoms with Crippen molar-refractivity contribution in [1.82, 2.24) is 10.2 Å². The molecule has 42 heavy (non-hydrogen) atoms. The van der Waals surface area contributed by atoms with Crippen molar-refractivity contribution in [2.75, 3.05) is 17.4 Å². The minimum atomic E-state index is -4.87. The van der Waals surface area contributed by atoms with Crippen LogP contribution in [0.5, 0.6) is 0 Å². The number of benzene rings is 3. The Morgan fingerprint density at radius 3 is 2.14 bits per heavy atom. The fraction of sp³-hybridized carbons (Fsp3) is 0.333. The summed E-state index contributed by atoms with van der Waals surface area (Å²) in [6.07, 6.45) is -3.07. The third-order valence-electron chi connectivity index (χ3n) is 6.56. The van der Waals surface area contributed by atoms with Crippen molar-refractivity contribution >= 4 is 39.1 Å². The maximum Gasteiger partial charge on any atom is 0.417 e. The van der Waals surface area contributed by atoms with Gasteiger partial charge in [0.25, 0.3) is 10.0 Å². The Labute approximate surface area is 249 Å². The summed E-state index contributed by atoms with van der Waals surface area (Å²) in [6, 6.07) is 17.6. The van der Waals surface area contributed by atoms with E-state index in [9.17, 15) is 31.2 Å². The molecule has 0 saturated heterocycles. The van der Waals surface area contributed by atoms with E-state index < -0.39 is 56.9 Å². The van der Waals surface area contributed by atoms with Crippen molar-refractivity contribution < 1.29 is 31.2 Å². The molecule has 0 heterocycles. The van der Waals surface area contributed by atoms with Gasteiger partial charge in [-0.3, -0.25) is 13.9 Å². The monoisotopic (exact) mass is 623 g/mol. The molecule has 2 amide bonds. The number of nitrogens with zero attached hydrogens (tertiary/aromatic N) is 2. The fourth-order valence-corrected chi connectivity index (χ4v) is 5.99. The summed E-state index contributed by atoms with van der Waals surface area (Å²) in [7, 11) is -4.53. The van der Waals surface area contributed by atoms with E-state index in [1.807, 2.05) is 6.92 Å². The Bertz CT molecular complexity index is 1460. The standard InChI is InChI=1S/C30H33ClF3N3O4S/c1-3-5-18-35-29(39)27(4-2)36(20-22-12-8-6-9-13-22)28(38)21-37(42(40,41)24-14-10-7-11-15-24)23-16-17-26(31)25(19-23)30(32,33)34/h6-17,19,27H,3-5,18,20-21H2,1-2H3,(H,35,39)/t27-/m1/s1. The predicted molar refractivity (Wildman–Crippen MR) is 156 cm³/mol. The molecular formula is C30H33ClF3N3O4S. The molecule has 3 aromatic rings. The number of amides is 2. The summed E-state index contributed by atoms with van der Waals surface area (Å²) in [6.45, 7) is 3.22. The number of hydrogen-bond acceptors (Lipinski definition) is 4.